The molecular weight excluding hydrogens is 296 g/mol. The van der Waals surface area contributed by atoms with E-state index in [-0.39, 0.29) is 23.5 Å². The van der Waals surface area contributed by atoms with Gasteiger partial charge in [-0.3, -0.25) is 4.79 Å². The van der Waals surface area contributed by atoms with Crippen molar-refractivity contribution in [3.63, 3.8) is 0 Å². The Bertz CT molecular complexity index is 585. The Balaban J connectivity index is 1.39. The summed E-state index contributed by atoms with van der Waals surface area (Å²) in [7, 11) is 0. The molecule has 126 valence electrons. The van der Waals surface area contributed by atoms with E-state index in [0.29, 0.717) is 31.3 Å². The molecule has 2 aliphatic carbocycles. The van der Waals surface area contributed by atoms with Gasteiger partial charge in [-0.1, -0.05) is 5.16 Å². The van der Waals surface area contributed by atoms with Crippen LogP contribution in [0.15, 0.2) is 10.6 Å². The maximum Gasteiger partial charge on any atom is 0.276 e. The van der Waals surface area contributed by atoms with Crippen molar-refractivity contribution in [3.05, 3.63) is 17.5 Å². The summed E-state index contributed by atoms with van der Waals surface area (Å²) in [5.41, 5.74) is 0.258. The fraction of sp³-hybridized carbons (Fsp3) is 0.765. The van der Waals surface area contributed by atoms with Crippen LogP contribution in [-0.2, 0) is 4.74 Å². The van der Waals surface area contributed by atoms with Gasteiger partial charge in [0.05, 0.1) is 12.2 Å². The van der Waals surface area contributed by atoms with Crippen molar-refractivity contribution in [1.29, 1.82) is 0 Å². The van der Waals surface area contributed by atoms with E-state index in [1.807, 2.05) is 11.8 Å². The summed E-state index contributed by atoms with van der Waals surface area (Å²) >= 11 is 0. The second-order valence-corrected chi connectivity index (χ2v) is 7.11. The van der Waals surface area contributed by atoms with Crippen LogP contribution in [0, 0.1) is 5.41 Å². The Hall–Kier alpha value is -1.40. The van der Waals surface area contributed by atoms with Gasteiger partial charge >= 0.3 is 0 Å². The molecule has 3 aliphatic rings. The van der Waals surface area contributed by atoms with Gasteiger partial charge in [-0.25, -0.2) is 0 Å². The van der Waals surface area contributed by atoms with Crippen molar-refractivity contribution < 1.29 is 19.2 Å². The highest BCUT2D eigenvalue weighted by atomic mass is 16.5. The third kappa shape index (κ3) is 2.48. The summed E-state index contributed by atoms with van der Waals surface area (Å²) in [6.07, 6.45) is 4.39. The van der Waals surface area contributed by atoms with E-state index < -0.39 is 0 Å². The molecule has 2 atom stereocenters. The predicted molar refractivity (Wildman–Crippen MR) is 82.1 cm³/mol. The molecule has 4 rings (SSSR count). The molecule has 2 heterocycles. The Labute approximate surface area is 135 Å². The molecule has 6 nitrogen and oxygen atoms in total. The molecular formula is C17H24N2O4. The average Bonchev–Trinajstić information content (AvgIpc) is 3.31. The summed E-state index contributed by atoms with van der Waals surface area (Å²) in [6.45, 7) is 3.94. The largest absolute Gasteiger partial charge is 0.392 e. The lowest BCUT2D eigenvalue weighted by Gasteiger charge is -2.56. The van der Waals surface area contributed by atoms with E-state index in [0.717, 1.165) is 37.9 Å². The number of nitrogens with zero attached hydrogens (tertiary/aromatic N) is 2. The molecule has 1 spiro atoms. The van der Waals surface area contributed by atoms with Crippen molar-refractivity contribution in [2.45, 2.75) is 57.2 Å². The molecule has 0 aromatic carbocycles. The molecule has 0 radical (unpaired) electrons. The third-order valence-electron chi connectivity index (χ3n) is 5.82. The monoisotopic (exact) mass is 320 g/mol. The molecule has 0 bridgehead atoms. The Kier molecular flexibility index (Phi) is 3.69. The minimum absolute atomic E-state index is 0.0581. The van der Waals surface area contributed by atoms with Gasteiger partial charge in [-0.2, -0.15) is 0 Å². The molecule has 2 saturated carbocycles. The molecule has 1 N–H and O–H groups in total. The zero-order valence-corrected chi connectivity index (χ0v) is 13.5. The summed E-state index contributed by atoms with van der Waals surface area (Å²) in [4.78, 5) is 14.4. The maximum atomic E-state index is 12.6. The van der Waals surface area contributed by atoms with Crippen molar-refractivity contribution >= 4 is 5.91 Å². The van der Waals surface area contributed by atoms with Crippen LogP contribution in [-0.4, -0.2) is 53.0 Å². The maximum absolute atomic E-state index is 12.6. The molecule has 3 fully saturated rings. The molecule has 6 heteroatoms. The normalized spacial score (nSPS) is 29.6. The smallest absolute Gasteiger partial charge is 0.276 e. The summed E-state index contributed by atoms with van der Waals surface area (Å²) in [5.74, 6) is 1.25. The van der Waals surface area contributed by atoms with Gasteiger partial charge in [0.25, 0.3) is 5.91 Å². The first-order valence-electron chi connectivity index (χ1n) is 8.69. The first kappa shape index (κ1) is 15.1. The van der Waals surface area contributed by atoms with Gasteiger partial charge in [0.1, 0.15) is 5.76 Å². The fourth-order valence-corrected chi connectivity index (χ4v) is 4.06. The first-order valence-corrected chi connectivity index (χ1v) is 8.69. The number of aliphatic hydroxyl groups is 1. The van der Waals surface area contributed by atoms with Crippen molar-refractivity contribution in [2.24, 2.45) is 5.41 Å². The second-order valence-electron chi connectivity index (χ2n) is 7.11. The standard InChI is InChI=1S/C17H24N2O4/c1-2-22-15-10-14(20)17(15)5-7-19(8-6-17)16(21)12-9-13(23-18-12)11-3-4-11/h9,11,14-15,20H,2-8,10H2,1H3/t14-,15-/m1/s1. The fourth-order valence-electron chi connectivity index (χ4n) is 4.06. The quantitative estimate of drug-likeness (QED) is 0.917. The summed E-state index contributed by atoms with van der Waals surface area (Å²) < 4.78 is 11.1. The van der Waals surface area contributed by atoms with Gasteiger partial charge in [0.2, 0.25) is 0 Å². The summed E-state index contributed by atoms with van der Waals surface area (Å²) in [6, 6.07) is 1.80. The Morgan fingerprint density at radius 3 is 2.83 bits per heavy atom. The van der Waals surface area contributed by atoms with Gasteiger partial charge < -0.3 is 19.3 Å². The molecule has 1 aliphatic heterocycles. The lowest BCUT2D eigenvalue weighted by molar-refractivity contribution is -0.207. The minimum atomic E-state index is -0.301. The predicted octanol–water partition coefficient (Wildman–Crippen LogP) is 1.94. The van der Waals surface area contributed by atoms with E-state index >= 15 is 0 Å². The van der Waals surface area contributed by atoms with Gasteiger partial charge in [0, 0.05) is 43.5 Å². The average molecular weight is 320 g/mol. The molecule has 0 unspecified atom stereocenters. The summed E-state index contributed by atoms with van der Waals surface area (Å²) in [5, 5.41) is 14.2. The molecule has 1 amide bonds. The van der Waals surface area contributed by atoms with Crippen LogP contribution in [0.5, 0.6) is 0 Å². The minimum Gasteiger partial charge on any atom is -0.392 e. The van der Waals surface area contributed by atoms with E-state index in [2.05, 4.69) is 5.16 Å². The zero-order valence-electron chi connectivity index (χ0n) is 13.5. The number of ether oxygens (including phenoxy) is 1. The SMILES string of the molecule is CCO[C@@H]1C[C@@H](O)C12CCN(C(=O)c1cc(C3CC3)on1)CC2. The zero-order chi connectivity index (χ0) is 16.0. The molecule has 23 heavy (non-hydrogen) atoms. The number of aliphatic hydroxyl groups excluding tert-OH is 1. The van der Waals surface area contributed by atoms with E-state index in [1.165, 1.54) is 0 Å². The van der Waals surface area contributed by atoms with Gasteiger partial charge in [-0.05, 0) is 32.6 Å². The van der Waals surface area contributed by atoms with Crippen LogP contribution in [0.2, 0.25) is 0 Å². The van der Waals surface area contributed by atoms with Crippen LogP contribution in [0.25, 0.3) is 0 Å². The van der Waals surface area contributed by atoms with Gasteiger partial charge in [0.15, 0.2) is 5.69 Å². The highest BCUT2D eigenvalue weighted by molar-refractivity contribution is 5.92. The number of amides is 1. The number of rotatable bonds is 4. The third-order valence-corrected chi connectivity index (χ3v) is 5.82. The van der Waals surface area contributed by atoms with Crippen LogP contribution >= 0.6 is 0 Å². The molecule has 1 saturated heterocycles. The van der Waals surface area contributed by atoms with Crippen LogP contribution < -0.4 is 0 Å². The number of piperidine rings is 1. The van der Waals surface area contributed by atoms with E-state index in [1.54, 1.807) is 6.07 Å². The lowest BCUT2D eigenvalue weighted by atomic mass is 9.58. The molecule has 1 aromatic heterocycles. The number of carbonyl (C=O) groups excluding carboxylic acids is 1. The number of carbonyl (C=O) groups is 1. The molecule has 1 aromatic rings. The van der Waals surface area contributed by atoms with E-state index in [9.17, 15) is 9.90 Å². The van der Waals surface area contributed by atoms with Crippen molar-refractivity contribution in [1.82, 2.24) is 10.1 Å². The highest BCUT2D eigenvalue weighted by Gasteiger charge is 2.56. The van der Waals surface area contributed by atoms with Crippen molar-refractivity contribution in [2.75, 3.05) is 19.7 Å². The number of likely N-dealkylation sites (tertiary alicyclic amines) is 1. The first-order chi connectivity index (χ1) is 11.1. The topological polar surface area (TPSA) is 75.8 Å². The van der Waals surface area contributed by atoms with Crippen LogP contribution in [0.1, 0.15) is 61.2 Å². The number of aromatic nitrogens is 1. The lowest BCUT2D eigenvalue weighted by Crippen LogP contribution is -2.62. The number of hydrogen-bond donors (Lipinski definition) is 1. The van der Waals surface area contributed by atoms with E-state index in [4.69, 9.17) is 9.26 Å². The number of hydrogen-bond acceptors (Lipinski definition) is 5. The highest BCUT2D eigenvalue weighted by Crippen LogP contribution is 2.51. The van der Waals surface area contributed by atoms with Gasteiger partial charge in [-0.15, -0.1) is 0 Å². The Morgan fingerprint density at radius 1 is 1.48 bits per heavy atom. The van der Waals surface area contributed by atoms with Crippen molar-refractivity contribution in [3.8, 4) is 0 Å². The Morgan fingerprint density at radius 2 is 2.22 bits per heavy atom. The second kappa shape index (κ2) is 5.60. The van der Waals surface area contributed by atoms with Crippen LogP contribution in [0.3, 0.4) is 0 Å². The van der Waals surface area contributed by atoms with Crippen LogP contribution in [0.4, 0.5) is 0 Å².